The Morgan fingerprint density at radius 3 is 2.59 bits per heavy atom. The zero-order valence-corrected chi connectivity index (χ0v) is 12.6. The predicted molar refractivity (Wildman–Crippen MR) is 83.8 cm³/mol. The number of isocyanates is 1. The molecule has 1 aliphatic heterocycles. The van der Waals surface area contributed by atoms with E-state index in [1.54, 1.807) is 24.3 Å². The van der Waals surface area contributed by atoms with Crippen LogP contribution in [0.25, 0.3) is 0 Å². The molecule has 0 unspecified atom stereocenters. The van der Waals surface area contributed by atoms with Gasteiger partial charge in [0.25, 0.3) is 0 Å². The second-order valence-electron chi connectivity index (χ2n) is 5.93. The third-order valence-electron chi connectivity index (χ3n) is 3.67. The average Bonchev–Trinajstić information content (AvgIpc) is 2.48. The maximum atomic E-state index is 10.2. The fourth-order valence-corrected chi connectivity index (χ4v) is 2.46. The van der Waals surface area contributed by atoms with Gasteiger partial charge in [0.05, 0.1) is 5.69 Å². The van der Waals surface area contributed by atoms with Crippen LogP contribution in [0.3, 0.4) is 0 Å². The summed E-state index contributed by atoms with van der Waals surface area (Å²) in [6, 6.07) is 12.9. The molecule has 1 aliphatic rings. The van der Waals surface area contributed by atoms with E-state index in [2.05, 4.69) is 18.8 Å². The molecule has 0 N–H and O–H groups in total. The maximum Gasteiger partial charge on any atom is 0.240 e. The Hall–Kier alpha value is -2.58. The number of rotatable bonds is 3. The molecule has 0 fully saturated rings. The molecule has 0 saturated heterocycles. The Kier molecular flexibility index (Phi) is 3.70. The first kappa shape index (κ1) is 14.4. The first-order valence-electron chi connectivity index (χ1n) is 7.23. The number of benzene rings is 2. The van der Waals surface area contributed by atoms with E-state index < -0.39 is 0 Å². The topological polar surface area (TPSA) is 47.9 Å². The molecule has 0 bridgehead atoms. The zero-order valence-electron chi connectivity index (χ0n) is 12.6. The number of nitrogens with zero attached hydrogens (tertiary/aromatic N) is 1. The van der Waals surface area contributed by atoms with Crippen LogP contribution in [0.2, 0.25) is 0 Å². The number of hydrogen-bond acceptors (Lipinski definition) is 4. The van der Waals surface area contributed by atoms with Gasteiger partial charge in [0, 0.05) is 6.07 Å². The van der Waals surface area contributed by atoms with Crippen LogP contribution in [0.15, 0.2) is 47.5 Å². The van der Waals surface area contributed by atoms with Gasteiger partial charge in [0.1, 0.15) is 22.8 Å². The third kappa shape index (κ3) is 3.18. The quantitative estimate of drug-likeness (QED) is 0.616. The zero-order chi connectivity index (χ0) is 15.6. The summed E-state index contributed by atoms with van der Waals surface area (Å²) in [5, 5.41) is 0. The summed E-state index contributed by atoms with van der Waals surface area (Å²) < 4.78 is 11.8. The van der Waals surface area contributed by atoms with Crippen molar-refractivity contribution in [1.82, 2.24) is 0 Å². The standard InChI is InChI=1S/C18H17NO3/c1-18(2)10-9-13-3-6-16(11-17(13)22-18)21-15-7-4-14(5-8-15)19-12-20/h3-8,11H,9-10H2,1-2H3. The van der Waals surface area contributed by atoms with Crippen LogP contribution in [-0.4, -0.2) is 11.7 Å². The van der Waals surface area contributed by atoms with Crippen molar-refractivity contribution in [3.05, 3.63) is 48.0 Å². The predicted octanol–water partition coefficient (Wildman–Crippen LogP) is 4.55. The van der Waals surface area contributed by atoms with Crippen LogP contribution in [0, 0.1) is 0 Å². The summed E-state index contributed by atoms with van der Waals surface area (Å²) in [6.07, 6.45) is 3.54. The van der Waals surface area contributed by atoms with E-state index in [9.17, 15) is 4.79 Å². The number of carbonyl (C=O) groups excluding carboxylic acids is 1. The first-order chi connectivity index (χ1) is 10.6. The summed E-state index contributed by atoms with van der Waals surface area (Å²) in [5.74, 6) is 2.29. The second-order valence-corrected chi connectivity index (χ2v) is 5.93. The van der Waals surface area contributed by atoms with Gasteiger partial charge in [-0.1, -0.05) is 6.07 Å². The van der Waals surface area contributed by atoms with Crippen molar-refractivity contribution in [3.63, 3.8) is 0 Å². The van der Waals surface area contributed by atoms with Gasteiger partial charge in [-0.3, -0.25) is 0 Å². The Labute approximate surface area is 129 Å². The van der Waals surface area contributed by atoms with Crippen LogP contribution in [0.5, 0.6) is 17.2 Å². The summed E-state index contributed by atoms with van der Waals surface area (Å²) in [7, 11) is 0. The fraction of sp³-hybridized carbons (Fsp3) is 0.278. The lowest BCUT2D eigenvalue weighted by Crippen LogP contribution is -2.32. The molecule has 0 atom stereocenters. The molecule has 0 aliphatic carbocycles. The molecule has 1 heterocycles. The van der Waals surface area contributed by atoms with E-state index in [4.69, 9.17) is 9.47 Å². The molecular weight excluding hydrogens is 278 g/mol. The van der Waals surface area contributed by atoms with E-state index in [1.807, 2.05) is 18.2 Å². The summed E-state index contributed by atoms with van der Waals surface area (Å²) >= 11 is 0. The maximum absolute atomic E-state index is 10.2. The van der Waals surface area contributed by atoms with Crippen LogP contribution in [0.1, 0.15) is 25.8 Å². The highest BCUT2D eigenvalue weighted by molar-refractivity contribution is 5.51. The highest BCUT2D eigenvalue weighted by Crippen LogP contribution is 2.36. The lowest BCUT2D eigenvalue weighted by molar-refractivity contribution is 0.0844. The van der Waals surface area contributed by atoms with Gasteiger partial charge < -0.3 is 9.47 Å². The molecule has 22 heavy (non-hydrogen) atoms. The monoisotopic (exact) mass is 295 g/mol. The molecule has 0 spiro atoms. The van der Waals surface area contributed by atoms with Crippen molar-refractivity contribution in [2.45, 2.75) is 32.3 Å². The SMILES string of the molecule is CC1(C)CCc2ccc(Oc3ccc(N=C=O)cc3)cc2O1. The number of hydrogen-bond donors (Lipinski definition) is 0. The van der Waals surface area contributed by atoms with Crippen LogP contribution in [0.4, 0.5) is 5.69 Å². The summed E-state index contributed by atoms with van der Waals surface area (Å²) in [4.78, 5) is 13.7. The molecule has 0 saturated carbocycles. The van der Waals surface area contributed by atoms with Crippen LogP contribution >= 0.6 is 0 Å². The van der Waals surface area contributed by atoms with Gasteiger partial charge in [0.2, 0.25) is 6.08 Å². The number of aliphatic imine (C=N–C) groups is 1. The van der Waals surface area contributed by atoms with Crippen molar-refractivity contribution >= 4 is 11.8 Å². The van der Waals surface area contributed by atoms with E-state index in [0.717, 1.165) is 24.3 Å². The van der Waals surface area contributed by atoms with Crippen molar-refractivity contribution in [2.75, 3.05) is 0 Å². The average molecular weight is 295 g/mol. The number of aryl methyl sites for hydroxylation is 1. The summed E-state index contributed by atoms with van der Waals surface area (Å²) in [5.41, 5.74) is 1.63. The molecule has 2 aromatic carbocycles. The number of ether oxygens (including phenoxy) is 2. The van der Waals surface area contributed by atoms with Gasteiger partial charge in [-0.15, -0.1) is 0 Å². The summed E-state index contributed by atoms with van der Waals surface area (Å²) in [6.45, 7) is 4.19. The van der Waals surface area contributed by atoms with Crippen molar-refractivity contribution in [2.24, 2.45) is 4.99 Å². The molecular formula is C18H17NO3. The lowest BCUT2D eigenvalue weighted by atomic mass is 9.94. The van der Waals surface area contributed by atoms with E-state index in [1.165, 1.54) is 11.6 Å². The minimum absolute atomic E-state index is 0.139. The van der Waals surface area contributed by atoms with Gasteiger partial charge in [-0.2, -0.15) is 4.99 Å². The van der Waals surface area contributed by atoms with Gasteiger partial charge in [-0.25, -0.2) is 4.79 Å². The minimum Gasteiger partial charge on any atom is -0.487 e. The van der Waals surface area contributed by atoms with Crippen LogP contribution in [-0.2, 0) is 11.2 Å². The molecule has 2 aromatic rings. The van der Waals surface area contributed by atoms with E-state index >= 15 is 0 Å². The Balaban J connectivity index is 1.80. The Bertz CT molecular complexity index is 728. The first-order valence-corrected chi connectivity index (χ1v) is 7.23. The van der Waals surface area contributed by atoms with Crippen molar-refractivity contribution < 1.29 is 14.3 Å². The molecule has 0 radical (unpaired) electrons. The largest absolute Gasteiger partial charge is 0.487 e. The van der Waals surface area contributed by atoms with Gasteiger partial charge >= 0.3 is 0 Å². The molecule has 112 valence electrons. The van der Waals surface area contributed by atoms with Crippen molar-refractivity contribution in [3.8, 4) is 17.2 Å². The fourth-order valence-electron chi connectivity index (χ4n) is 2.46. The highest BCUT2D eigenvalue weighted by atomic mass is 16.5. The number of fused-ring (bicyclic) bond motifs is 1. The highest BCUT2D eigenvalue weighted by Gasteiger charge is 2.26. The molecule has 4 heteroatoms. The Morgan fingerprint density at radius 1 is 1.14 bits per heavy atom. The van der Waals surface area contributed by atoms with Gasteiger partial charge in [0.15, 0.2) is 0 Å². The van der Waals surface area contributed by atoms with Gasteiger partial charge in [-0.05, 0) is 62.6 Å². The molecule has 0 amide bonds. The second kappa shape index (κ2) is 5.66. The van der Waals surface area contributed by atoms with E-state index in [0.29, 0.717) is 11.4 Å². The Morgan fingerprint density at radius 2 is 1.86 bits per heavy atom. The molecule has 4 nitrogen and oxygen atoms in total. The normalized spacial score (nSPS) is 15.2. The molecule has 3 rings (SSSR count). The third-order valence-corrected chi connectivity index (χ3v) is 3.67. The minimum atomic E-state index is -0.139. The lowest BCUT2D eigenvalue weighted by Gasteiger charge is -2.32. The smallest absolute Gasteiger partial charge is 0.240 e. The van der Waals surface area contributed by atoms with Crippen molar-refractivity contribution in [1.29, 1.82) is 0 Å². The molecule has 0 aromatic heterocycles. The van der Waals surface area contributed by atoms with Crippen LogP contribution < -0.4 is 9.47 Å². The van der Waals surface area contributed by atoms with E-state index in [-0.39, 0.29) is 5.60 Å².